The first-order chi connectivity index (χ1) is 8.56. The minimum absolute atomic E-state index is 0.157. The van der Waals surface area contributed by atoms with Crippen LogP contribution in [0.3, 0.4) is 0 Å². The van der Waals surface area contributed by atoms with E-state index in [1.807, 2.05) is 13.1 Å². The molecule has 1 aromatic carbocycles. The van der Waals surface area contributed by atoms with Gasteiger partial charge < -0.3 is 9.84 Å². The van der Waals surface area contributed by atoms with Crippen molar-refractivity contribution >= 4 is 0 Å². The maximum absolute atomic E-state index is 13.7. The van der Waals surface area contributed by atoms with E-state index in [1.165, 1.54) is 12.1 Å². The van der Waals surface area contributed by atoms with Gasteiger partial charge in [0.25, 0.3) is 0 Å². The number of halogens is 1. The highest BCUT2D eigenvalue weighted by Gasteiger charge is 2.08. The van der Waals surface area contributed by atoms with Gasteiger partial charge in [-0.3, -0.25) is 4.68 Å². The van der Waals surface area contributed by atoms with Crippen molar-refractivity contribution in [3.63, 3.8) is 0 Å². The number of rotatable bonds is 4. The van der Waals surface area contributed by atoms with E-state index in [9.17, 15) is 9.50 Å². The highest BCUT2D eigenvalue weighted by Crippen LogP contribution is 2.22. The number of benzene rings is 1. The Bertz CT molecular complexity index is 538. The second-order valence-corrected chi connectivity index (χ2v) is 4.14. The molecule has 0 aliphatic carbocycles. The molecular weight excluding hydrogens is 235 g/mol. The Balaban J connectivity index is 2.05. The molecule has 0 unspecified atom stereocenters. The molecule has 2 rings (SSSR count). The molecule has 4 nitrogen and oxygen atoms in total. The summed E-state index contributed by atoms with van der Waals surface area (Å²) in [5.74, 6) is -0.325. The first-order valence-electron chi connectivity index (χ1n) is 5.65. The summed E-state index contributed by atoms with van der Waals surface area (Å²) in [5, 5.41) is 13.5. The van der Waals surface area contributed by atoms with Crippen molar-refractivity contribution in [2.75, 3.05) is 0 Å². The summed E-state index contributed by atoms with van der Waals surface area (Å²) in [6.07, 6.45) is 1.11. The standard InChI is InChI=1S/C13H15FN2O2/c1-9(17)10-3-4-13(12(14)7-10)18-8-11-5-6-16(2)15-11/h3-7,9,17H,8H2,1-2H3/t9-/m1/s1. The lowest BCUT2D eigenvalue weighted by Gasteiger charge is -2.09. The summed E-state index contributed by atoms with van der Waals surface area (Å²) < 4.78 is 20.7. The van der Waals surface area contributed by atoms with Crippen LogP contribution in [0.15, 0.2) is 30.5 Å². The summed E-state index contributed by atoms with van der Waals surface area (Å²) in [5.41, 5.74) is 1.26. The van der Waals surface area contributed by atoms with Gasteiger partial charge in [-0.05, 0) is 30.7 Å². The van der Waals surface area contributed by atoms with E-state index in [0.29, 0.717) is 5.56 Å². The second kappa shape index (κ2) is 5.18. The Hall–Kier alpha value is -1.88. The predicted octanol–water partition coefficient (Wildman–Crippen LogP) is 2.19. The smallest absolute Gasteiger partial charge is 0.165 e. The van der Waals surface area contributed by atoms with Crippen LogP contribution < -0.4 is 4.74 Å². The van der Waals surface area contributed by atoms with Crippen LogP contribution in [0, 0.1) is 5.82 Å². The van der Waals surface area contributed by atoms with Crippen molar-refractivity contribution in [2.24, 2.45) is 7.05 Å². The molecular formula is C13H15FN2O2. The Morgan fingerprint density at radius 3 is 2.78 bits per heavy atom. The number of aromatic nitrogens is 2. The molecule has 2 aromatic rings. The maximum atomic E-state index is 13.7. The Labute approximate surface area is 105 Å². The van der Waals surface area contributed by atoms with Crippen LogP contribution in [0.4, 0.5) is 4.39 Å². The molecule has 18 heavy (non-hydrogen) atoms. The van der Waals surface area contributed by atoms with Crippen molar-refractivity contribution < 1.29 is 14.2 Å². The molecule has 1 N–H and O–H groups in total. The van der Waals surface area contributed by atoms with Gasteiger partial charge in [-0.15, -0.1) is 0 Å². The van der Waals surface area contributed by atoms with Gasteiger partial charge in [0.05, 0.1) is 11.8 Å². The first kappa shape index (κ1) is 12.6. The number of nitrogens with zero attached hydrogens (tertiary/aromatic N) is 2. The molecule has 0 radical (unpaired) electrons. The molecule has 0 fully saturated rings. The number of ether oxygens (including phenoxy) is 1. The van der Waals surface area contributed by atoms with E-state index >= 15 is 0 Å². The molecule has 0 amide bonds. The monoisotopic (exact) mass is 250 g/mol. The average Bonchev–Trinajstić information content (AvgIpc) is 2.73. The van der Waals surface area contributed by atoms with Crippen LogP contribution in [-0.4, -0.2) is 14.9 Å². The van der Waals surface area contributed by atoms with Gasteiger partial charge in [-0.2, -0.15) is 5.10 Å². The van der Waals surface area contributed by atoms with Gasteiger partial charge in [0.1, 0.15) is 6.61 Å². The number of aliphatic hydroxyl groups is 1. The molecule has 0 saturated heterocycles. The molecule has 0 aliphatic heterocycles. The highest BCUT2D eigenvalue weighted by molar-refractivity contribution is 5.30. The lowest BCUT2D eigenvalue weighted by molar-refractivity contribution is 0.198. The van der Waals surface area contributed by atoms with Gasteiger partial charge in [0.2, 0.25) is 0 Å². The predicted molar refractivity (Wildman–Crippen MR) is 64.6 cm³/mol. The Morgan fingerprint density at radius 2 is 2.22 bits per heavy atom. The fourth-order valence-electron chi connectivity index (χ4n) is 1.59. The Kier molecular flexibility index (Phi) is 3.62. The van der Waals surface area contributed by atoms with Crippen LogP contribution in [0.25, 0.3) is 0 Å². The number of aryl methyl sites for hydroxylation is 1. The van der Waals surface area contributed by atoms with Crippen molar-refractivity contribution in [3.8, 4) is 5.75 Å². The van der Waals surface area contributed by atoms with Crippen LogP contribution in [0.1, 0.15) is 24.3 Å². The highest BCUT2D eigenvalue weighted by atomic mass is 19.1. The zero-order valence-corrected chi connectivity index (χ0v) is 10.3. The van der Waals surface area contributed by atoms with E-state index in [-0.39, 0.29) is 12.4 Å². The van der Waals surface area contributed by atoms with E-state index < -0.39 is 11.9 Å². The largest absolute Gasteiger partial charge is 0.484 e. The van der Waals surface area contributed by atoms with Gasteiger partial charge in [-0.25, -0.2) is 4.39 Å². The molecule has 0 saturated carbocycles. The van der Waals surface area contributed by atoms with Crippen LogP contribution >= 0.6 is 0 Å². The third-order valence-corrected chi connectivity index (χ3v) is 2.58. The minimum Gasteiger partial charge on any atom is -0.484 e. The summed E-state index contributed by atoms with van der Waals surface area (Å²) in [7, 11) is 1.81. The third-order valence-electron chi connectivity index (χ3n) is 2.58. The molecule has 5 heteroatoms. The molecule has 0 aliphatic rings. The number of hydrogen-bond acceptors (Lipinski definition) is 3. The fraction of sp³-hybridized carbons (Fsp3) is 0.308. The van der Waals surface area contributed by atoms with Gasteiger partial charge in [0, 0.05) is 13.2 Å². The maximum Gasteiger partial charge on any atom is 0.165 e. The third kappa shape index (κ3) is 2.87. The molecule has 0 spiro atoms. The van der Waals surface area contributed by atoms with E-state index in [1.54, 1.807) is 23.9 Å². The lowest BCUT2D eigenvalue weighted by atomic mass is 10.1. The van der Waals surface area contributed by atoms with E-state index in [4.69, 9.17) is 4.74 Å². The fourth-order valence-corrected chi connectivity index (χ4v) is 1.59. The van der Waals surface area contributed by atoms with Crippen molar-refractivity contribution in [3.05, 3.63) is 47.5 Å². The average molecular weight is 250 g/mol. The summed E-state index contributed by atoms with van der Waals surface area (Å²) in [6, 6.07) is 6.24. The molecule has 1 atom stereocenters. The van der Waals surface area contributed by atoms with Crippen LogP contribution in [0.2, 0.25) is 0 Å². The lowest BCUT2D eigenvalue weighted by Crippen LogP contribution is -2.00. The zero-order chi connectivity index (χ0) is 13.1. The SMILES string of the molecule is C[C@@H](O)c1ccc(OCc2ccn(C)n2)c(F)c1. The van der Waals surface area contributed by atoms with Gasteiger partial charge in [-0.1, -0.05) is 6.07 Å². The van der Waals surface area contributed by atoms with Gasteiger partial charge >= 0.3 is 0 Å². The summed E-state index contributed by atoms with van der Waals surface area (Å²) in [4.78, 5) is 0. The minimum atomic E-state index is -0.690. The molecule has 1 heterocycles. The normalized spacial score (nSPS) is 12.4. The van der Waals surface area contributed by atoms with Crippen LogP contribution in [0.5, 0.6) is 5.75 Å². The summed E-state index contributed by atoms with van der Waals surface area (Å²) >= 11 is 0. The van der Waals surface area contributed by atoms with E-state index in [0.717, 1.165) is 5.69 Å². The van der Waals surface area contributed by atoms with Gasteiger partial charge in [0.15, 0.2) is 11.6 Å². The van der Waals surface area contributed by atoms with Crippen molar-refractivity contribution in [1.82, 2.24) is 9.78 Å². The quantitative estimate of drug-likeness (QED) is 0.904. The molecule has 0 bridgehead atoms. The van der Waals surface area contributed by atoms with Crippen molar-refractivity contribution in [1.29, 1.82) is 0 Å². The first-order valence-corrected chi connectivity index (χ1v) is 5.65. The zero-order valence-electron chi connectivity index (χ0n) is 10.3. The topological polar surface area (TPSA) is 47.3 Å². The number of aliphatic hydroxyl groups excluding tert-OH is 1. The van der Waals surface area contributed by atoms with E-state index in [2.05, 4.69) is 5.10 Å². The molecule has 96 valence electrons. The van der Waals surface area contributed by atoms with Crippen molar-refractivity contribution in [2.45, 2.75) is 19.6 Å². The molecule has 1 aromatic heterocycles. The number of hydrogen-bond donors (Lipinski definition) is 1. The van der Waals surface area contributed by atoms with Crippen LogP contribution in [-0.2, 0) is 13.7 Å². The Morgan fingerprint density at radius 1 is 1.44 bits per heavy atom. The second-order valence-electron chi connectivity index (χ2n) is 4.14. The summed E-state index contributed by atoms with van der Waals surface area (Å²) in [6.45, 7) is 1.80.